The van der Waals surface area contributed by atoms with Gasteiger partial charge in [-0.25, -0.2) is 13.9 Å². The molecule has 8 nitrogen and oxygen atoms in total. The lowest BCUT2D eigenvalue weighted by molar-refractivity contribution is 0.0943. The van der Waals surface area contributed by atoms with E-state index in [1.165, 1.54) is 22.9 Å². The number of hydrogen-bond acceptors (Lipinski definition) is 4. The van der Waals surface area contributed by atoms with Crippen LogP contribution in [0.3, 0.4) is 0 Å². The van der Waals surface area contributed by atoms with E-state index in [4.69, 9.17) is 0 Å². The minimum absolute atomic E-state index is 0.126. The van der Waals surface area contributed by atoms with E-state index in [1.54, 1.807) is 48.2 Å². The van der Waals surface area contributed by atoms with Crippen LogP contribution in [0.1, 0.15) is 34.6 Å². The molecule has 1 aliphatic rings. The van der Waals surface area contributed by atoms with Crippen LogP contribution in [-0.2, 0) is 6.54 Å². The van der Waals surface area contributed by atoms with Gasteiger partial charge >= 0.3 is 6.03 Å². The maximum absolute atomic E-state index is 14.2. The standard InChI is InChI=1S/C24H24FN5O3/c1-16-13-21(31)22(28-30(16)20-10-3-2-9-19(20)25)23(32)26-15-17-7-6-8-18(14-17)27-24(33)29-11-4-5-12-29/h2-3,6-10,13-14H,4-5,11-12,15H2,1H3,(H,26,32)(H,27,33). The van der Waals surface area contributed by atoms with Gasteiger partial charge in [0.05, 0.1) is 0 Å². The van der Waals surface area contributed by atoms with Crippen molar-refractivity contribution in [2.75, 3.05) is 18.4 Å². The minimum atomic E-state index is -0.670. The third-order valence-electron chi connectivity index (χ3n) is 5.43. The molecular formula is C24H24FN5O3. The summed E-state index contributed by atoms with van der Waals surface area (Å²) in [5, 5.41) is 9.64. The first-order valence-electron chi connectivity index (χ1n) is 10.7. The van der Waals surface area contributed by atoms with Gasteiger partial charge in [0.25, 0.3) is 5.91 Å². The Morgan fingerprint density at radius 2 is 1.82 bits per heavy atom. The predicted molar refractivity (Wildman–Crippen MR) is 122 cm³/mol. The van der Waals surface area contributed by atoms with E-state index >= 15 is 0 Å². The summed E-state index contributed by atoms with van der Waals surface area (Å²) in [7, 11) is 0. The highest BCUT2D eigenvalue weighted by atomic mass is 19.1. The molecule has 1 saturated heterocycles. The summed E-state index contributed by atoms with van der Waals surface area (Å²) in [4.78, 5) is 39.1. The van der Waals surface area contributed by atoms with Crippen LogP contribution in [0.4, 0.5) is 14.9 Å². The largest absolute Gasteiger partial charge is 0.346 e. The van der Waals surface area contributed by atoms with Gasteiger partial charge < -0.3 is 15.5 Å². The molecule has 1 aromatic heterocycles. The molecule has 0 saturated carbocycles. The van der Waals surface area contributed by atoms with Crippen molar-refractivity contribution in [3.8, 4) is 5.69 Å². The zero-order valence-corrected chi connectivity index (χ0v) is 18.2. The lowest BCUT2D eigenvalue weighted by Crippen LogP contribution is -2.32. The maximum Gasteiger partial charge on any atom is 0.321 e. The second-order valence-corrected chi connectivity index (χ2v) is 7.87. The normalized spacial score (nSPS) is 13.1. The summed E-state index contributed by atoms with van der Waals surface area (Å²) >= 11 is 0. The van der Waals surface area contributed by atoms with E-state index in [9.17, 15) is 18.8 Å². The van der Waals surface area contributed by atoms with Gasteiger partial charge in [-0.2, -0.15) is 5.10 Å². The highest BCUT2D eigenvalue weighted by Crippen LogP contribution is 2.15. The number of rotatable bonds is 5. The Balaban J connectivity index is 1.47. The number of aryl methyl sites for hydroxylation is 1. The van der Waals surface area contributed by atoms with Crippen LogP contribution in [0.2, 0.25) is 0 Å². The first-order valence-corrected chi connectivity index (χ1v) is 10.7. The fourth-order valence-electron chi connectivity index (χ4n) is 3.72. The molecule has 1 aliphatic heterocycles. The Bertz CT molecular complexity index is 1250. The van der Waals surface area contributed by atoms with Gasteiger partial charge in [0.1, 0.15) is 11.5 Å². The highest BCUT2D eigenvalue weighted by molar-refractivity contribution is 5.92. The number of hydrogen-bond donors (Lipinski definition) is 2. The second kappa shape index (κ2) is 9.64. The Labute approximate surface area is 190 Å². The number of nitrogens with one attached hydrogen (secondary N) is 2. The van der Waals surface area contributed by atoms with E-state index in [1.807, 2.05) is 0 Å². The maximum atomic E-state index is 14.2. The van der Waals surface area contributed by atoms with Crippen molar-refractivity contribution in [1.29, 1.82) is 0 Å². The number of para-hydroxylation sites is 1. The van der Waals surface area contributed by atoms with Crippen molar-refractivity contribution in [1.82, 2.24) is 20.0 Å². The van der Waals surface area contributed by atoms with Crippen LogP contribution in [0, 0.1) is 12.7 Å². The van der Waals surface area contributed by atoms with Crippen molar-refractivity contribution in [3.63, 3.8) is 0 Å². The van der Waals surface area contributed by atoms with E-state index < -0.39 is 17.2 Å². The number of benzene rings is 2. The smallest absolute Gasteiger partial charge is 0.321 e. The molecule has 0 unspecified atom stereocenters. The summed E-state index contributed by atoms with van der Waals surface area (Å²) in [5.41, 5.74) is 1.03. The van der Waals surface area contributed by atoms with Gasteiger partial charge in [-0.05, 0) is 49.6 Å². The molecule has 0 atom stereocenters. The molecule has 3 amide bonds. The molecule has 2 aromatic carbocycles. The minimum Gasteiger partial charge on any atom is -0.346 e. The molecule has 9 heteroatoms. The molecule has 1 fully saturated rings. The van der Waals surface area contributed by atoms with Crippen molar-refractivity contribution in [2.45, 2.75) is 26.3 Å². The number of nitrogens with zero attached hydrogens (tertiary/aromatic N) is 3. The molecule has 0 bridgehead atoms. The zero-order valence-electron chi connectivity index (χ0n) is 18.2. The first-order chi connectivity index (χ1) is 15.9. The van der Waals surface area contributed by atoms with Crippen LogP contribution in [0.15, 0.2) is 59.4 Å². The van der Waals surface area contributed by atoms with Gasteiger partial charge in [-0.1, -0.05) is 24.3 Å². The molecule has 4 rings (SSSR count). The van der Waals surface area contributed by atoms with Crippen LogP contribution in [-0.4, -0.2) is 39.7 Å². The van der Waals surface area contributed by atoms with Crippen LogP contribution in [0.5, 0.6) is 0 Å². The van der Waals surface area contributed by atoms with Crippen molar-refractivity contribution in [3.05, 3.63) is 87.6 Å². The summed E-state index contributed by atoms with van der Waals surface area (Å²) in [5.74, 6) is -1.19. The molecule has 3 aromatic rings. The SMILES string of the molecule is Cc1cc(=O)c(C(=O)NCc2cccc(NC(=O)N3CCCC3)c2)nn1-c1ccccc1F. The molecule has 170 valence electrons. The molecule has 0 spiro atoms. The Morgan fingerprint density at radius 1 is 1.06 bits per heavy atom. The van der Waals surface area contributed by atoms with Crippen LogP contribution < -0.4 is 16.1 Å². The summed E-state index contributed by atoms with van der Waals surface area (Å²) < 4.78 is 15.4. The fraction of sp³-hybridized carbons (Fsp3) is 0.250. The summed E-state index contributed by atoms with van der Waals surface area (Å²) in [6.45, 7) is 3.23. The number of anilines is 1. The van der Waals surface area contributed by atoms with Crippen molar-refractivity contribution < 1.29 is 14.0 Å². The van der Waals surface area contributed by atoms with Gasteiger partial charge in [0.15, 0.2) is 5.69 Å². The number of aromatic nitrogens is 2. The number of urea groups is 1. The van der Waals surface area contributed by atoms with E-state index in [0.717, 1.165) is 31.5 Å². The summed E-state index contributed by atoms with van der Waals surface area (Å²) in [6, 6.07) is 14.2. The van der Waals surface area contributed by atoms with Gasteiger partial charge in [-0.15, -0.1) is 0 Å². The molecule has 2 heterocycles. The predicted octanol–water partition coefficient (Wildman–Crippen LogP) is 3.24. The van der Waals surface area contributed by atoms with Crippen LogP contribution >= 0.6 is 0 Å². The average molecular weight is 449 g/mol. The Morgan fingerprint density at radius 3 is 2.58 bits per heavy atom. The number of carbonyl (C=O) groups is 2. The Kier molecular flexibility index (Phi) is 6.48. The number of amides is 3. The third kappa shape index (κ3) is 5.08. The third-order valence-corrected chi connectivity index (χ3v) is 5.43. The van der Waals surface area contributed by atoms with Crippen molar-refractivity contribution in [2.24, 2.45) is 0 Å². The van der Waals surface area contributed by atoms with Crippen LogP contribution in [0.25, 0.3) is 5.69 Å². The first kappa shape index (κ1) is 22.2. The van der Waals surface area contributed by atoms with Gasteiger partial charge in [0.2, 0.25) is 5.43 Å². The second-order valence-electron chi connectivity index (χ2n) is 7.87. The monoisotopic (exact) mass is 449 g/mol. The Hall–Kier alpha value is -4.01. The topological polar surface area (TPSA) is 96.3 Å². The molecule has 0 radical (unpaired) electrons. The highest BCUT2D eigenvalue weighted by Gasteiger charge is 2.18. The zero-order chi connectivity index (χ0) is 23.4. The molecular weight excluding hydrogens is 425 g/mol. The number of likely N-dealkylation sites (tertiary alicyclic amines) is 1. The fourth-order valence-corrected chi connectivity index (χ4v) is 3.72. The van der Waals surface area contributed by atoms with E-state index in [2.05, 4.69) is 15.7 Å². The molecule has 0 aliphatic carbocycles. The molecule has 2 N–H and O–H groups in total. The van der Waals surface area contributed by atoms with E-state index in [-0.39, 0.29) is 24.0 Å². The van der Waals surface area contributed by atoms with E-state index in [0.29, 0.717) is 11.4 Å². The van der Waals surface area contributed by atoms with Crippen molar-refractivity contribution >= 4 is 17.6 Å². The van der Waals surface area contributed by atoms with Gasteiger partial charge in [0, 0.05) is 37.1 Å². The molecule has 33 heavy (non-hydrogen) atoms. The average Bonchev–Trinajstić information content (AvgIpc) is 3.34. The lowest BCUT2D eigenvalue weighted by Gasteiger charge is -2.16. The summed E-state index contributed by atoms with van der Waals surface area (Å²) in [6.07, 6.45) is 2.01. The quantitative estimate of drug-likeness (QED) is 0.625. The van der Waals surface area contributed by atoms with Gasteiger partial charge in [-0.3, -0.25) is 9.59 Å². The number of halogens is 1. The number of carbonyl (C=O) groups excluding carboxylic acids is 2. The lowest BCUT2D eigenvalue weighted by atomic mass is 10.2.